The predicted octanol–water partition coefficient (Wildman–Crippen LogP) is 1.52. The molecule has 72 valence electrons. The summed E-state index contributed by atoms with van der Waals surface area (Å²) in [7, 11) is 0. The lowest BCUT2D eigenvalue weighted by molar-refractivity contribution is 0.0758. The highest BCUT2D eigenvalue weighted by atomic mass is 32.1. The standard InChI is InChI=1S/C7H11N3O2S/c1-3-12-10-6(11)9-7-8-4-5(2)13-7/h4H,3H2,1-2H3,(H2,8,9,10,11). The van der Waals surface area contributed by atoms with Crippen molar-refractivity contribution in [1.29, 1.82) is 0 Å². The molecule has 1 heterocycles. The zero-order valence-electron chi connectivity index (χ0n) is 7.46. The second-order valence-electron chi connectivity index (χ2n) is 2.27. The van der Waals surface area contributed by atoms with Gasteiger partial charge in [-0.15, -0.1) is 11.3 Å². The van der Waals surface area contributed by atoms with E-state index in [-0.39, 0.29) is 0 Å². The molecule has 0 aromatic carbocycles. The van der Waals surface area contributed by atoms with Gasteiger partial charge in [0.2, 0.25) is 0 Å². The first-order valence-electron chi connectivity index (χ1n) is 3.83. The number of nitrogens with zero attached hydrogens (tertiary/aromatic N) is 1. The highest BCUT2D eigenvalue weighted by Gasteiger charge is 2.03. The number of hydrogen-bond acceptors (Lipinski definition) is 4. The maximum absolute atomic E-state index is 11.0. The number of carbonyl (C=O) groups is 1. The van der Waals surface area contributed by atoms with E-state index in [4.69, 9.17) is 0 Å². The largest absolute Gasteiger partial charge is 0.344 e. The molecule has 0 radical (unpaired) electrons. The molecule has 1 aromatic heterocycles. The van der Waals surface area contributed by atoms with Gasteiger partial charge in [-0.2, -0.15) is 0 Å². The second kappa shape index (κ2) is 4.78. The fraction of sp³-hybridized carbons (Fsp3) is 0.429. The van der Waals surface area contributed by atoms with E-state index in [0.717, 1.165) is 4.88 Å². The van der Waals surface area contributed by atoms with E-state index in [1.54, 1.807) is 13.1 Å². The number of carbonyl (C=O) groups excluding carboxylic acids is 1. The molecule has 0 spiro atoms. The van der Waals surface area contributed by atoms with E-state index < -0.39 is 6.03 Å². The summed E-state index contributed by atoms with van der Waals surface area (Å²) in [6.07, 6.45) is 1.70. The van der Waals surface area contributed by atoms with Gasteiger partial charge in [-0.05, 0) is 13.8 Å². The Balaban J connectivity index is 2.36. The van der Waals surface area contributed by atoms with Crippen LogP contribution >= 0.6 is 11.3 Å². The first-order chi connectivity index (χ1) is 6.22. The highest BCUT2D eigenvalue weighted by molar-refractivity contribution is 7.15. The zero-order chi connectivity index (χ0) is 9.68. The van der Waals surface area contributed by atoms with Gasteiger partial charge in [-0.3, -0.25) is 10.2 Å². The van der Waals surface area contributed by atoms with Crippen molar-refractivity contribution in [3.8, 4) is 0 Å². The van der Waals surface area contributed by atoms with E-state index in [1.165, 1.54) is 11.3 Å². The number of aromatic nitrogens is 1. The first kappa shape index (κ1) is 9.94. The molecule has 0 unspecified atom stereocenters. The van der Waals surface area contributed by atoms with Gasteiger partial charge < -0.3 is 0 Å². The van der Waals surface area contributed by atoms with Crippen LogP contribution < -0.4 is 10.8 Å². The number of thiazole rings is 1. The van der Waals surface area contributed by atoms with Crippen LogP contribution in [0.1, 0.15) is 11.8 Å². The minimum atomic E-state index is -0.406. The Hall–Kier alpha value is -1.14. The van der Waals surface area contributed by atoms with Crippen molar-refractivity contribution >= 4 is 22.5 Å². The van der Waals surface area contributed by atoms with Crippen LogP contribution in [0.5, 0.6) is 0 Å². The quantitative estimate of drug-likeness (QED) is 0.729. The molecule has 0 aliphatic rings. The van der Waals surface area contributed by atoms with Gasteiger partial charge >= 0.3 is 6.03 Å². The molecule has 5 nitrogen and oxygen atoms in total. The lowest BCUT2D eigenvalue weighted by atomic mass is 10.7. The number of rotatable bonds is 3. The number of hydrogen-bond donors (Lipinski definition) is 2. The maximum Gasteiger partial charge on any atom is 0.344 e. The van der Waals surface area contributed by atoms with Gasteiger partial charge in [0.25, 0.3) is 0 Å². The third-order valence-corrected chi connectivity index (χ3v) is 1.98. The molecule has 0 atom stereocenters. The normalized spacial score (nSPS) is 9.69. The summed E-state index contributed by atoms with van der Waals surface area (Å²) in [6, 6.07) is -0.406. The van der Waals surface area contributed by atoms with E-state index >= 15 is 0 Å². The van der Waals surface area contributed by atoms with Crippen LogP contribution in [0.25, 0.3) is 0 Å². The molecule has 0 saturated heterocycles. The van der Waals surface area contributed by atoms with E-state index in [0.29, 0.717) is 11.7 Å². The number of anilines is 1. The minimum Gasteiger partial charge on any atom is -0.282 e. The number of hydroxylamine groups is 1. The van der Waals surface area contributed by atoms with Crippen LogP contribution in [0.3, 0.4) is 0 Å². The summed E-state index contributed by atoms with van der Waals surface area (Å²) in [4.78, 5) is 20.7. The molecule has 0 bridgehead atoms. The summed E-state index contributed by atoms with van der Waals surface area (Å²) in [5.41, 5.74) is 2.21. The highest BCUT2D eigenvalue weighted by Crippen LogP contribution is 2.15. The van der Waals surface area contributed by atoms with Crippen molar-refractivity contribution in [1.82, 2.24) is 10.5 Å². The fourth-order valence-electron chi connectivity index (χ4n) is 0.673. The maximum atomic E-state index is 11.0. The van der Waals surface area contributed by atoms with Crippen LogP contribution in [-0.2, 0) is 4.84 Å². The van der Waals surface area contributed by atoms with Gasteiger partial charge in [0.1, 0.15) is 0 Å². The van der Waals surface area contributed by atoms with Crippen molar-refractivity contribution in [3.63, 3.8) is 0 Å². The second-order valence-corrected chi connectivity index (χ2v) is 3.50. The summed E-state index contributed by atoms with van der Waals surface area (Å²) in [5, 5.41) is 3.09. The van der Waals surface area contributed by atoms with Crippen LogP contribution in [0.15, 0.2) is 6.20 Å². The van der Waals surface area contributed by atoms with Crippen molar-refractivity contribution in [2.24, 2.45) is 0 Å². The Kier molecular flexibility index (Phi) is 3.66. The molecule has 0 saturated carbocycles. The number of amides is 2. The molecule has 0 fully saturated rings. The molecule has 1 rings (SSSR count). The molecule has 13 heavy (non-hydrogen) atoms. The lowest BCUT2D eigenvalue weighted by Gasteiger charge is -2.02. The first-order valence-corrected chi connectivity index (χ1v) is 4.65. The van der Waals surface area contributed by atoms with Gasteiger partial charge in [0, 0.05) is 11.1 Å². The topological polar surface area (TPSA) is 63.2 Å². The Labute approximate surface area is 80.1 Å². The molecular formula is C7H11N3O2S. The van der Waals surface area contributed by atoms with Gasteiger partial charge in [-0.1, -0.05) is 0 Å². The summed E-state index contributed by atoms with van der Waals surface area (Å²) >= 11 is 1.41. The smallest absolute Gasteiger partial charge is 0.282 e. The molecular weight excluding hydrogens is 190 g/mol. The Morgan fingerprint density at radius 2 is 2.54 bits per heavy atom. The Bertz CT molecular complexity index is 287. The van der Waals surface area contributed by atoms with Crippen LogP contribution in [0.2, 0.25) is 0 Å². The average Bonchev–Trinajstić information content (AvgIpc) is 2.48. The number of nitrogens with one attached hydrogen (secondary N) is 2. The van der Waals surface area contributed by atoms with E-state index in [9.17, 15) is 4.79 Å². The number of aryl methyl sites for hydroxylation is 1. The van der Waals surface area contributed by atoms with Crippen molar-refractivity contribution in [2.45, 2.75) is 13.8 Å². The SMILES string of the molecule is CCONC(=O)Nc1ncc(C)s1. The molecule has 0 aliphatic carbocycles. The monoisotopic (exact) mass is 201 g/mol. The van der Waals surface area contributed by atoms with Gasteiger partial charge in [-0.25, -0.2) is 15.3 Å². The van der Waals surface area contributed by atoms with E-state index in [1.807, 2.05) is 6.92 Å². The van der Waals surface area contributed by atoms with Crippen LogP contribution in [0.4, 0.5) is 9.93 Å². The van der Waals surface area contributed by atoms with Crippen LogP contribution in [0, 0.1) is 6.92 Å². The third-order valence-electron chi connectivity index (χ3n) is 1.15. The zero-order valence-corrected chi connectivity index (χ0v) is 8.27. The molecule has 2 amide bonds. The summed E-state index contributed by atoms with van der Waals surface area (Å²) in [6.45, 7) is 4.14. The van der Waals surface area contributed by atoms with E-state index in [2.05, 4.69) is 20.6 Å². The van der Waals surface area contributed by atoms with Crippen molar-refractivity contribution in [2.75, 3.05) is 11.9 Å². The van der Waals surface area contributed by atoms with Gasteiger partial charge in [0.05, 0.1) is 6.61 Å². The minimum absolute atomic E-state index is 0.406. The molecule has 2 N–H and O–H groups in total. The van der Waals surface area contributed by atoms with Crippen molar-refractivity contribution < 1.29 is 9.63 Å². The summed E-state index contributed by atoms with van der Waals surface area (Å²) < 4.78 is 0. The predicted molar refractivity (Wildman–Crippen MR) is 50.6 cm³/mol. The Morgan fingerprint density at radius 3 is 3.08 bits per heavy atom. The molecule has 1 aromatic rings. The Morgan fingerprint density at radius 1 is 1.77 bits per heavy atom. The third kappa shape index (κ3) is 3.39. The average molecular weight is 201 g/mol. The van der Waals surface area contributed by atoms with Crippen LogP contribution in [-0.4, -0.2) is 17.6 Å². The fourth-order valence-corrected chi connectivity index (χ4v) is 1.33. The van der Waals surface area contributed by atoms with Gasteiger partial charge in [0.15, 0.2) is 5.13 Å². The summed E-state index contributed by atoms with van der Waals surface area (Å²) in [5.74, 6) is 0. The molecule has 0 aliphatic heterocycles. The molecule has 6 heteroatoms. The van der Waals surface area contributed by atoms with Crippen molar-refractivity contribution in [3.05, 3.63) is 11.1 Å². The number of urea groups is 1. The lowest BCUT2D eigenvalue weighted by Crippen LogP contribution is -2.28.